The number of hydrogen-bond acceptors (Lipinski definition) is 5. The SMILES string of the molecule is NCCCCN(CC1CN(Cc2ccccc2)CCN1)[C@H]1CCCC2=C1NCC=C2. The van der Waals surface area contributed by atoms with Crippen molar-refractivity contribution < 1.29 is 0 Å². The number of unbranched alkanes of at least 4 members (excludes halogenated alkanes) is 1. The first-order valence-electron chi connectivity index (χ1n) is 11.9. The van der Waals surface area contributed by atoms with Crippen molar-refractivity contribution in [2.24, 2.45) is 5.73 Å². The fourth-order valence-corrected chi connectivity index (χ4v) is 5.24. The van der Waals surface area contributed by atoms with Gasteiger partial charge >= 0.3 is 0 Å². The van der Waals surface area contributed by atoms with Crippen molar-refractivity contribution in [1.29, 1.82) is 0 Å². The molecule has 0 bridgehead atoms. The average Bonchev–Trinajstić information content (AvgIpc) is 2.79. The Morgan fingerprint density at radius 2 is 2.07 bits per heavy atom. The Balaban J connectivity index is 1.41. The first-order valence-corrected chi connectivity index (χ1v) is 11.9. The number of nitrogens with one attached hydrogen (secondary N) is 2. The lowest BCUT2D eigenvalue weighted by Gasteiger charge is -2.42. The highest BCUT2D eigenvalue weighted by molar-refractivity contribution is 5.34. The van der Waals surface area contributed by atoms with E-state index in [1.54, 1.807) is 0 Å². The zero-order chi connectivity index (χ0) is 20.6. The van der Waals surface area contributed by atoms with E-state index < -0.39 is 0 Å². The van der Waals surface area contributed by atoms with Gasteiger partial charge in [0.1, 0.15) is 0 Å². The fraction of sp³-hybridized carbons (Fsp3) is 0.600. The van der Waals surface area contributed by atoms with Gasteiger partial charge in [-0.05, 0) is 56.3 Å². The van der Waals surface area contributed by atoms with E-state index in [4.69, 9.17) is 5.73 Å². The molecule has 0 spiro atoms. The molecule has 0 radical (unpaired) electrons. The van der Waals surface area contributed by atoms with E-state index in [1.807, 2.05) is 0 Å². The van der Waals surface area contributed by atoms with Crippen LogP contribution in [0.2, 0.25) is 0 Å². The van der Waals surface area contributed by atoms with Crippen molar-refractivity contribution in [2.75, 3.05) is 45.8 Å². The summed E-state index contributed by atoms with van der Waals surface area (Å²) in [6.07, 6.45) is 10.7. The van der Waals surface area contributed by atoms with Gasteiger partial charge in [0.05, 0.1) is 0 Å². The molecule has 4 rings (SSSR count). The Hall–Kier alpha value is -1.66. The first kappa shape index (κ1) is 21.6. The molecule has 1 fully saturated rings. The van der Waals surface area contributed by atoms with Gasteiger partial charge in [-0.3, -0.25) is 9.80 Å². The van der Waals surface area contributed by atoms with Gasteiger partial charge in [-0.1, -0.05) is 42.5 Å². The molecule has 2 atom stereocenters. The Morgan fingerprint density at radius 1 is 1.17 bits per heavy atom. The van der Waals surface area contributed by atoms with Crippen LogP contribution in [-0.2, 0) is 6.54 Å². The molecule has 3 aliphatic rings. The quantitative estimate of drug-likeness (QED) is 0.547. The molecule has 0 saturated carbocycles. The van der Waals surface area contributed by atoms with Gasteiger partial charge in [0.15, 0.2) is 0 Å². The molecule has 1 aromatic carbocycles. The average molecular weight is 410 g/mol. The number of benzene rings is 1. The third-order valence-corrected chi connectivity index (χ3v) is 6.72. The number of piperazine rings is 1. The first-order chi connectivity index (χ1) is 14.8. The van der Waals surface area contributed by atoms with Crippen molar-refractivity contribution in [2.45, 2.75) is 50.7 Å². The van der Waals surface area contributed by atoms with Crippen LogP contribution in [0.1, 0.15) is 37.7 Å². The topological polar surface area (TPSA) is 56.6 Å². The van der Waals surface area contributed by atoms with Gasteiger partial charge in [-0.2, -0.15) is 0 Å². The zero-order valence-corrected chi connectivity index (χ0v) is 18.4. The molecule has 164 valence electrons. The standard InChI is InChI=1S/C25H39N5/c26-13-4-5-16-30(24-12-6-10-22-11-7-14-28-25(22)24)20-23-19-29(17-15-27-23)18-21-8-2-1-3-9-21/h1-3,7-9,11,23-24,27-28H,4-6,10,12-20,26H2/t23?,24-/m0/s1. The minimum Gasteiger partial charge on any atom is -0.383 e. The Bertz CT molecular complexity index is 714. The van der Waals surface area contributed by atoms with Crippen molar-refractivity contribution in [1.82, 2.24) is 20.4 Å². The maximum atomic E-state index is 5.81. The number of nitrogens with zero attached hydrogens (tertiary/aromatic N) is 2. The minimum atomic E-state index is 0.519. The monoisotopic (exact) mass is 409 g/mol. The summed E-state index contributed by atoms with van der Waals surface area (Å²) >= 11 is 0. The zero-order valence-electron chi connectivity index (χ0n) is 18.4. The van der Waals surface area contributed by atoms with Crippen molar-refractivity contribution >= 4 is 0 Å². The second-order valence-electron chi connectivity index (χ2n) is 8.99. The van der Waals surface area contributed by atoms with E-state index in [-0.39, 0.29) is 0 Å². The number of hydrogen-bond donors (Lipinski definition) is 3. The molecule has 1 saturated heterocycles. The van der Waals surface area contributed by atoms with Crippen LogP contribution in [0.25, 0.3) is 0 Å². The van der Waals surface area contributed by atoms with E-state index in [9.17, 15) is 0 Å². The molecule has 1 aromatic rings. The van der Waals surface area contributed by atoms with Crippen LogP contribution in [0.15, 0.2) is 53.8 Å². The summed E-state index contributed by atoms with van der Waals surface area (Å²) in [4.78, 5) is 5.36. The number of rotatable bonds is 9. The smallest absolute Gasteiger partial charge is 0.0498 e. The van der Waals surface area contributed by atoms with Gasteiger partial charge in [-0.15, -0.1) is 0 Å². The number of allylic oxidation sites excluding steroid dienone is 2. The summed E-state index contributed by atoms with van der Waals surface area (Å²) in [7, 11) is 0. The molecule has 5 heteroatoms. The summed E-state index contributed by atoms with van der Waals surface area (Å²) in [6, 6.07) is 11.9. The third-order valence-electron chi connectivity index (χ3n) is 6.72. The normalized spacial score (nSPS) is 24.7. The molecule has 1 aliphatic carbocycles. The van der Waals surface area contributed by atoms with Crippen LogP contribution in [0.4, 0.5) is 0 Å². The largest absolute Gasteiger partial charge is 0.383 e. The summed E-state index contributed by atoms with van der Waals surface area (Å²) in [5.41, 5.74) is 10.2. The second kappa shape index (κ2) is 11.1. The van der Waals surface area contributed by atoms with E-state index >= 15 is 0 Å². The lowest BCUT2D eigenvalue weighted by molar-refractivity contribution is 0.127. The minimum absolute atomic E-state index is 0.519. The highest BCUT2D eigenvalue weighted by atomic mass is 15.3. The second-order valence-corrected chi connectivity index (χ2v) is 8.99. The Kier molecular flexibility index (Phi) is 7.98. The van der Waals surface area contributed by atoms with Crippen LogP contribution in [-0.4, -0.2) is 67.7 Å². The number of nitrogens with two attached hydrogens (primary N) is 1. The lowest BCUT2D eigenvalue weighted by atomic mass is 9.89. The van der Waals surface area contributed by atoms with Crippen LogP contribution in [0.3, 0.4) is 0 Å². The van der Waals surface area contributed by atoms with E-state index in [0.29, 0.717) is 12.1 Å². The molecule has 2 aliphatic heterocycles. The van der Waals surface area contributed by atoms with Gasteiger partial charge in [0.25, 0.3) is 0 Å². The van der Waals surface area contributed by atoms with Crippen molar-refractivity contribution in [3.05, 3.63) is 59.3 Å². The van der Waals surface area contributed by atoms with Gasteiger partial charge in [0.2, 0.25) is 0 Å². The maximum Gasteiger partial charge on any atom is 0.0498 e. The van der Waals surface area contributed by atoms with E-state index in [1.165, 1.54) is 42.5 Å². The van der Waals surface area contributed by atoms with Crippen LogP contribution in [0.5, 0.6) is 0 Å². The van der Waals surface area contributed by atoms with Crippen LogP contribution in [0, 0.1) is 0 Å². The summed E-state index contributed by atoms with van der Waals surface area (Å²) in [5.74, 6) is 0. The summed E-state index contributed by atoms with van der Waals surface area (Å²) in [6.45, 7) is 8.39. The van der Waals surface area contributed by atoms with Crippen LogP contribution >= 0.6 is 0 Å². The maximum absolute atomic E-state index is 5.81. The molecule has 30 heavy (non-hydrogen) atoms. The third kappa shape index (κ3) is 5.73. The van der Waals surface area contributed by atoms with Gasteiger partial charge < -0.3 is 16.4 Å². The van der Waals surface area contributed by atoms with Crippen molar-refractivity contribution in [3.63, 3.8) is 0 Å². The highest BCUT2D eigenvalue weighted by Gasteiger charge is 2.31. The van der Waals surface area contributed by atoms with E-state index in [0.717, 1.165) is 58.8 Å². The lowest BCUT2D eigenvalue weighted by Crippen LogP contribution is -2.57. The summed E-state index contributed by atoms with van der Waals surface area (Å²) < 4.78 is 0. The Labute approximate surface area is 182 Å². The van der Waals surface area contributed by atoms with Crippen molar-refractivity contribution in [3.8, 4) is 0 Å². The van der Waals surface area contributed by atoms with Crippen LogP contribution < -0.4 is 16.4 Å². The molecule has 1 unspecified atom stereocenters. The van der Waals surface area contributed by atoms with Gasteiger partial charge in [0, 0.05) is 57.0 Å². The molecule has 0 aromatic heterocycles. The van der Waals surface area contributed by atoms with E-state index in [2.05, 4.69) is 62.9 Å². The molecule has 0 amide bonds. The molecule has 5 nitrogen and oxygen atoms in total. The predicted octanol–water partition coefficient (Wildman–Crippen LogP) is 2.47. The molecule has 4 N–H and O–H groups in total. The predicted molar refractivity (Wildman–Crippen MR) is 125 cm³/mol. The highest BCUT2D eigenvalue weighted by Crippen LogP contribution is 2.30. The molecular weight excluding hydrogens is 370 g/mol. The Morgan fingerprint density at radius 3 is 2.93 bits per heavy atom. The molecule has 2 heterocycles. The fourth-order valence-electron chi connectivity index (χ4n) is 5.24. The number of dihydropyridines is 1. The summed E-state index contributed by atoms with van der Waals surface area (Å²) in [5, 5.41) is 7.52. The molecular formula is C25H39N5. The van der Waals surface area contributed by atoms with Gasteiger partial charge in [-0.25, -0.2) is 0 Å².